The van der Waals surface area contributed by atoms with E-state index >= 15 is 0 Å². The van der Waals surface area contributed by atoms with Crippen LogP contribution in [0.1, 0.15) is 28.8 Å². The van der Waals surface area contributed by atoms with Gasteiger partial charge >= 0.3 is 5.97 Å². The SMILES string of the molecule is Cc1cc(C(=O)N2CCC(OCC(=O)O)CC2)ccc1N. The maximum atomic E-state index is 12.4. The van der Waals surface area contributed by atoms with Gasteiger partial charge in [0.1, 0.15) is 6.61 Å². The summed E-state index contributed by atoms with van der Waals surface area (Å²) in [5.41, 5.74) is 7.95. The second-order valence-electron chi connectivity index (χ2n) is 5.27. The number of carbonyl (C=O) groups is 2. The number of aliphatic carboxylic acids is 1. The number of ether oxygens (including phenoxy) is 1. The lowest BCUT2D eigenvalue weighted by atomic mass is 10.0. The van der Waals surface area contributed by atoms with E-state index in [-0.39, 0.29) is 18.6 Å². The highest BCUT2D eigenvalue weighted by atomic mass is 16.5. The van der Waals surface area contributed by atoms with Gasteiger partial charge < -0.3 is 20.5 Å². The smallest absolute Gasteiger partial charge is 0.329 e. The Bertz CT molecular complexity index is 536. The average molecular weight is 292 g/mol. The van der Waals surface area contributed by atoms with Crippen molar-refractivity contribution in [1.82, 2.24) is 4.90 Å². The monoisotopic (exact) mass is 292 g/mol. The van der Waals surface area contributed by atoms with E-state index in [1.54, 1.807) is 23.1 Å². The molecule has 6 heteroatoms. The van der Waals surface area contributed by atoms with E-state index in [4.69, 9.17) is 15.6 Å². The predicted molar refractivity (Wildman–Crippen MR) is 78.1 cm³/mol. The Kier molecular flexibility index (Phi) is 4.80. The second-order valence-corrected chi connectivity index (χ2v) is 5.27. The number of aryl methyl sites for hydroxylation is 1. The van der Waals surface area contributed by atoms with Crippen molar-refractivity contribution in [3.8, 4) is 0 Å². The number of amides is 1. The summed E-state index contributed by atoms with van der Waals surface area (Å²) in [5.74, 6) is -0.986. The van der Waals surface area contributed by atoms with Gasteiger partial charge in [-0.2, -0.15) is 0 Å². The molecule has 0 saturated carbocycles. The molecule has 0 aliphatic carbocycles. The number of nitrogen functional groups attached to an aromatic ring is 1. The number of hydrogen-bond donors (Lipinski definition) is 2. The van der Waals surface area contributed by atoms with Crippen LogP contribution in [0.15, 0.2) is 18.2 Å². The van der Waals surface area contributed by atoms with Gasteiger partial charge in [-0.15, -0.1) is 0 Å². The number of piperidine rings is 1. The fraction of sp³-hybridized carbons (Fsp3) is 0.467. The third-order valence-corrected chi connectivity index (χ3v) is 3.69. The molecule has 1 aliphatic rings. The summed E-state index contributed by atoms with van der Waals surface area (Å²) in [6.07, 6.45) is 1.23. The van der Waals surface area contributed by atoms with Gasteiger partial charge in [0, 0.05) is 24.3 Å². The molecule has 1 aromatic carbocycles. The van der Waals surface area contributed by atoms with Crippen molar-refractivity contribution < 1.29 is 19.4 Å². The van der Waals surface area contributed by atoms with Gasteiger partial charge in [-0.25, -0.2) is 4.79 Å². The molecule has 3 N–H and O–H groups in total. The lowest BCUT2D eigenvalue weighted by Gasteiger charge is -2.31. The molecule has 0 atom stereocenters. The molecule has 0 unspecified atom stereocenters. The largest absolute Gasteiger partial charge is 0.480 e. The molecule has 1 amide bonds. The molecule has 1 fully saturated rings. The Morgan fingerprint density at radius 3 is 2.62 bits per heavy atom. The average Bonchev–Trinajstić information content (AvgIpc) is 2.48. The van der Waals surface area contributed by atoms with Crippen LogP contribution in [0.4, 0.5) is 5.69 Å². The molecular formula is C15H20N2O4. The minimum absolute atomic E-state index is 0.0187. The summed E-state index contributed by atoms with van der Waals surface area (Å²) in [6, 6.07) is 5.27. The number of anilines is 1. The Balaban J connectivity index is 1.90. The quantitative estimate of drug-likeness (QED) is 0.816. The molecule has 1 heterocycles. The summed E-state index contributed by atoms with van der Waals surface area (Å²) in [7, 11) is 0. The van der Waals surface area contributed by atoms with Gasteiger partial charge in [0.2, 0.25) is 0 Å². The molecule has 6 nitrogen and oxygen atoms in total. The van der Waals surface area contributed by atoms with Crippen LogP contribution in [0, 0.1) is 6.92 Å². The molecule has 0 aromatic heterocycles. The lowest BCUT2D eigenvalue weighted by Crippen LogP contribution is -2.41. The van der Waals surface area contributed by atoms with E-state index in [0.29, 0.717) is 37.2 Å². The molecule has 0 spiro atoms. The van der Waals surface area contributed by atoms with Gasteiger partial charge in [0.25, 0.3) is 5.91 Å². The highest BCUT2D eigenvalue weighted by Crippen LogP contribution is 2.18. The summed E-state index contributed by atoms with van der Waals surface area (Å²) < 4.78 is 5.26. The topological polar surface area (TPSA) is 92.9 Å². The number of hydrogen-bond acceptors (Lipinski definition) is 4. The van der Waals surface area contributed by atoms with Crippen LogP contribution in [0.25, 0.3) is 0 Å². The third-order valence-electron chi connectivity index (χ3n) is 3.69. The van der Waals surface area contributed by atoms with Crippen molar-refractivity contribution >= 4 is 17.6 Å². The number of carbonyl (C=O) groups excluding carboxylic acids is 1. The van der Waals surface area contributed by atoms with Crippen LogP contribution < -0.4 is 5.73 Å². The zero-order valence-electron chi connectivity index (χ0n) is 12.0. The molecule has 1 aromatic rings. The van der Waals surface area contributed by atoms with Gasteiger partial charge in [-0.05, 0) is 43.5 Å². The van der Waals surface area contributed by atoms with E-state index in [0.717, 1.165) is 5.56 Å². The minimum Gasteiger partial charge on any atom is -0.480 e. The third kappa shape index (κ3) is 3.95. The van der Waals surface area contributed by atoms with E-state index in [1.165, 1.54) is 0 Å². The second kappa shape index (κ2) is 6.58. The van der Waals surface area contributed by atoms with Crippen molar-refractivity contribution in [2.24, 2.45) is 0 Å². The zero-order valence-corrected chi connectivity index (χ0v) is 12.0. The summed E-state index contributed by atoms with van der Waals surface area (Å²) in [5, 5.41) is 8.58. The van der Waals surface area contributed by atoms with Crippen LogP contribution in [0.5, 0.6) is 0 Å². The normalized spacial score (nSPS) is 16.0. The van der Waals surface area contributed by atoms with Gasteiger partial charge in [0.15, 0.2) is 0 Å². The molecule has 2 rings (SSSR count). The standard InChI is InChI=1S/C15H20N2O4/c1-10-8-11(2-3-13(10)16)15(20)17-6-4-12(5-7-17)21-9-14(18)19/h2-3,8,12H,4-7,9,16H2,1H3,(H,18,19). The van der Waals surface area contributed by atoms with Crippen LogP contribution in [-0.2, 0) is 9.53 Å². The molecular weight excluding hydrogens is 272 g/mol. The Morgan fingerprint density at radius 1 is 1.38 bits per heavy atom. The first-order valence-corrected chi connectivity index (χ1v) is 6.96. The number of carboxylic acids is 1. The highest BCUT2D eigenvalue weighted by molar-refractivity contribution is 5.95. The summed E-state index contributed by atoms with van der Waals surface area (Å²) in [6.45, 7) is 2.74. The maximum Gasteiger partial charge on any atom is 0.329 e. The Labute approximate surface area is 123 Å². The number of rotatable bonds is 4. The van der Waals surface area contributed by atoms with Crippen molar-refractivity contribution in [2.75, 3.05) is 25.4 Å². The fourth-order valence-corrected chi connectivity index (χ4v) is 2.41. The molecule has 0 bridgehead atoms. The van der Waals surface area contributed by atoms with Gasteiger partial charge in [-0.1, -0.05) is 0 Å². The number of benzene rings is 1. The summed E-state index contributed by atoms with van der Waals surface area (Å²) in [4.78, 5) is 24.6. The fourth-order valence-electron chi connectivity index (χ4n) is 2.41. The predicted octanol–water partition coefficient (Wildman–Crippen LogP) is 1.28. The first-order valence-electron chi connectivity index (χ1n) is 6.96. The molecule has 1 saturated heterocycles. The lowest BCUT2D eigenvalue weighted by molar-refractivity contribution is -0.145. The van der Waals surface area contributed by atoms with Crippen molar-refractivity contribution in [2.45, 2.75) is 25.9 Å². The van der Waals surface area contributed by atoms with E-state index in [9.17, 15) is 9.59 Å². The number of carboxylic acid groups (broad SMARTS) is 1. The molecule has 0 radical (unpaired) electrons. The Morgan fingerprint density at radius 2 is 2.05 bits per heavy atom. The van der Waals surface area contributed by atoms with Crippen LogP contribution >= 0.6 is 0 Å². The Hall–Kier alpha value is -2.08. The van der Waals surface area contributed by atoms with Crippen LogP contribution in [0.3, 0.4) is 0 Å². The van der Waals surface area contributed by atoms with Crippen LogP contribution in [0.2, 0.25) is 0 Å². The first-order chi connectivity index (χ1) is 9.97. The van der Waals surface area contributed by atoms with E-state index in [2.05, 4.69) is 0 Å². The van der Waals surface area contributed by atoms with Crippen molar-refractivity contribution in [3.63, 3.8) is 0 Å². The maximum absolute atomic E-state index is 12.4. The van der Waals surface area contributed by atoms with Crippen molar-refractivity contribution in [1.29, 1.82) is 0 Å². The molecule has 1 aliphatic heterocycles. The van der Waals surface area contributed by atoms with Crippen LogP contribution in [-0.4, -0.2) is 47.7 Å². The van der Waals surface area contributed by atoms with E-state index in [1.807, 2.05) is 6.92 Å². The van der Waals surface area contributed by atoms with Crippen molar-refractivity contribution in [3.05, 3.63) is 29.3 Å². The molecule has 21 heavy (non-hydrogen) atoms. The van der Waals surface area contributed by atoms with Gasteiger partial charge in [0.05, 0.1) is 6.10 Å². The summed E-state index contributed by atoms with van der Waals surface area (Å²) >= 11 is 0. The zero-order chi connectivity index (χ0) is 15.4. The number of likely N-dealkylation sites (tertiary alicyclic amines) is 1. The molecule has 114 valence electrons. The highest BCUT2D eigenvalue weighted by Gasteiger charge is 2.24. The minimum atomic E-state index is -0.967. The van der Waals surface area contributed by atoms with Gasteiger partial charge in [-0.3, -0.25) is 4.79 Å². The van der Waals surface area contributed by atoms with E-state index < -0.39 is 5.97 Å². The number of nitrogens with two attached hydrogens (primary N) is 1. The first kappa shape index (κ1) is 15.3. The number of nitrogens with zero attached hydrogens (tertiary/aromatic N) is 1.